The molecular formula is C14H14N2O2. The lowest BCUT2D eigenvalue weighted by molar-refractivity contribution is -0.123. The number of nitrogens with zero attached hydrogens (tertiary/aromatic N) is 1. The van der Waals surface area contributed by atoms with Crippen LogP contribution in [0.15, 0.2) is 47.6 Å². The van der Waals surface area contributed by atoms with Crippen LogP contribution in [0.5, 0.6) is 5.75 Å². The molecule has 4 heteroatoms. The highest BCUT2D eigenvalue weighted by atomic mass is 16.5. The number of rotatable bonds is 4. The molecule has 92 valence electrons. The zero-order valence-corrected chi connectivity index (χ0v) is 10.1. The van der Waals surface area contributed by atoms with Crippen LogP contribution in [0.4, 0.5) is 0 Å². The van der Waals surface area contributed by atoms with E-state index in [9.17, 15) is 4.79 Å². The van der Waals surface area contributed by atoms with Crippen molar-refractivity contribution < 1.29 is 9.53 Å². The van der Waals surface area contributed by atoms with Crippen molar-refractivity contribution in [3.8, 4) is 5.75 Å². The minimum absolute atomic E-state index is 0.0503. The first-order valence-corrected chi connectivity index (χ1v) is 5.68. The summed E-state index contributed by atoms with van der Waals surface area (Å²) in [5.74, 6) is 0.421. The summed E-state index contributed by atoms with van der Waals surface area (Å²) in [4.78, 5) is 11.4. The molecule has 0 aromatic heterocycles. The van der Waals surface area contributed by atoms with Gasteiger partial charge in [0.1, 0.15) is 5.75 Å². The number of amides is 1. The highest BCUT2D eigenvalue weighted by Crippen LogP contribution is 2.24. The monoisotopic (exact) mass is 242 g/mol. The molecule has 0 radical (unpaired) electrons. The van der Waals surface area contributed by atoms with Gasteiger partial charge in [-0.3, -0.25) is 4.79 Å². The third-order valence-electron chi connectivity index (χ3n) is 2.43. The minimum Gasteiger partial charge on any atom is -0.483 e. The van der Waals surface area contributed by atoms with E-state index < -0.39 is 0 Å². The fourth-order valence-electron chi connectivity index (χ4n) is 1.63. The first-order chi connectivity index (χ1) is 8.81. The van der Waals surface area contributed by atoms with Gasteiger partial charge in [0.15, 0.2) is 6.61 Å². The Balaban J connectivity index is 2.10. The number of carbonyl (C=O) groups is 1. The highest BCUT2D eigenvalue weighted by molar-refractivity contribution is 5.88. The number of nitrogens with one attached hydrogen (secondary N) is 1. The SMILES string of the molecule is C/C=N\NC(=O)COc1cccc2ccccc12. The van der Waals surface area contributed by atoms with Crippen LogP contribution in [0, 0.1) is 0 Å². The zero-order valence-electron chi connectivity index (χ0n) is 10.1. The summed E-state index contributed by atoms with van der Waals surface area (Å²) in [6, 6.07) is 13.6. The molecule has 0 saturated heterocycles. The van der Waals surface area contributed by atoms with Gasteiger partial charge in [-0.2, -0.15) is 5.10 Å². The maximum absolute atomic E-state index is 11.4. The summed E-state index contributed by atoms with van der Waals surface area (Å²) in [6.45, 7) is 1.68. The van der Waals surface area contributed by atoms with Gasteiger partial charge in [0, 0.05) is 11.6 Å². The lowest BCUT2D eigenvalue weighted by Gasteiger charge is -2.08. The van der Waals surface area contributed by atoms with E-state index in [0.717, 1.165) is 10.8 Å². The Morgan fingerprint density at radius 1 is 1.28 bits per heavy atom. The normalized spacial score (nSPS) is 10.7. The van der Waals surface area contributed by atoms with Gasteiger partial charge in [-0.25, -0.2) is 5.43 Å². The van der Waals surface area contributed by atoms with Crippen molar-refractivity contribution in [3.05, 3.63) is 42.5 Å². The second kappa shape index (κ2) is 5.82. The van der Waals surface area contributed by atoms with Crippen LogP contribution < -0.4 is 10.2 Å². The lowest BCUT2D eigenvalue weighted by Crippen LogP contribution is -2.24. The summed E-state index contributed by atoms with van der Waals surface area (Å²) in [5.41, 5.74) is 2.36. The first kappa shape index (κ1) is 12.1. The van der Waals surface area contributed by atoms with Crippen molar-refractivity contribution in [2.24, 2.45) is 5.10 Å². The summed E-state index contributed by atoms with van der Waals surface area (Å²) >= 11 is 0. The second-order valence-corrected chi connectivity index (χ2v) is 3.69. The third-order valence-corrected chi connectivity index (χ3v) is 2.43. The molecule has 2 aromatic carbocycles. The second-order valence-electron chi connectivity index (χ2n) is 3.69. The Morgan fingerprint density at radius 2 is 2.06 bits per heavy atom. The molecular weight excluding hydrogens is 228 g/mol. The number of hydrogen-bond donors (Lipinski definition) is 1. The van der Waals surface area contributed by atoms with Crippen LogP contribution in [0.25, 0.3) is 10.8 Å². The van der Waals surface area contributed by atoms with Crippen molar-refractivity contribution in [3.63, 3.8) is 0 Å². The number of hydrazone groups is 1. The van der Waals surface area contributed by atoms with Gasteiger partial charge in [0.2, 0.25) is 0 Å². The smallest absolute Gasteiger partial charge is 0.277 e. The van der Waals surface area contributed by atoms with Gasteiger partial charge in [-0.05, 0) is 18.4 Å². The molecule has 0 heterocycles. The lowest BCUT2D eigenvalue weighted by atomic mass is 10.1. The summed E-state index contributed by atoms with van der Waals surface area (Å²) in [6.07, 6.45) is 1.51. The van der Waals surface area contributed by atoms with Gasteiger partial charge in [-0.1, -0.05) is 36.4 Å². The van der Waals surface area contributed by atoms with Crippen molar-refractivity contribution in [2.75, 3.05) is 6.61 Å². The molecule has 0 saturated carbocycles. The van der Waals surface area contributed by atoms with Gasteiger partial charge in [-0.15, -0.1) is 0 Å². The Bertz CT molecular complexity index is 574. The van der Waals surface area contributed by atoms with E-state index in [4.69, 9.17) is 4.74 Å². The number of fused-ring (bicyclic) bond motifs is 1. The Kier molecular flexibility index (Phi) is 3.91. The largest absolute Gasteiger partial charge is 0.483 e. The molecule has 0 fully saturated rings. The Morgan fingerprint density at radius 3 is 2.89 bits per heavy atom. The predicted molar refractivity (Wildman–Crippen MR) is 71.8 cm³/mol. The van der Waals surface area contributed by atoms with E-state index in [0.29, 0.717) is 5.75 Å². The summed E-state index contributed by atoms with van der Waals surface area (Å²) < 4.78 is 5.49. The molecule has 1 N–H and O–H groups in total. The van der Waals surface area contributed by atoms with Crippen molar-refractivity contribution in [1.29, 1.82) is 0 Å². The van der Waals surface area contributed by atoms with Crippen LogP contribution in [-0.2, 0) is 4.79 Å². The number of hydrogen-bond acceptors (Lipinski definition) is 3. The van der Waals surface area contributed by atoms with Crippen molar-refractivity contribution >= 4 is 22.9 Å². The van der Waals surface area contributed by atoms with E-state index in [1.54, 1.807) is 6.92 Å². The van der Waals surface area contributed by atoms with Gasteiger partial charge >= 0.3 is 0 Å². The van der Waals surface area contributed by atoms with E-state index in [-0.39, 0.29) is 12.5 Å². The molecule has 18 heavy (non-hydrogen) atoms. The quantitative estimate of drug-likeness (QED) is 0.661. The standard InChI is InChI=1S/C14H14N2O2/c1-2-15-16-14(17)10-18-13-9-5-7-11-6-3-4-8-12(11)13/h2-9H,10H2,1H3,(H,16,17)/b15-2-. The summed E-state index contributed by atoms with van der Waals surface area (Å²) in [7, 11) is 0. The van der Waals surface area contributed by atoms with E-state index >= 15 is 0 Å². The first-order valence-electron chi connectivity index (χ1n) is 5.68. The maximum Gasteiger partial charge on any atom is 0.277 e. The van der Waals surface area contributed by atoms with E-state index in [2.05, 4.69) is 10.5 Å². The molecule has 0 unspecified atom stereocenters. The molecule has 0 spiro atoms. The number of ether oxygens (including phenoxy) is 1. The fourth-order valence-corrected chi connectivity index (χ4v) is 1.63. The molecule has 4 nitrogen and oxygen atoms in total. The molecule has 1 amide bonds. The minimum atomic E-state index is -0.277. The molecule has 0 aliphatic rings. The molecule has 0 aliphatic heterocycles. The van der Waals surface area contributed by atoms with Gasteiger partial charge < -0.3 is 4.74 Å². The molecule has 0 aliphatic carbocycles. The third kappa shape index (κ3) is 2.85. The summed E-state index contributed by atoms with van der Waals surface area (Å²) in [5, 5.41) is 5.72. The van der Waals surface area contributed by atoms with Crippen LogP contribution in [-0.4, -0.2) is 18.7 Å². The molecule has 0 atom stereocenters. The number of benzene rings is 2. The highest BCUT2D eigenvalue weighted by Gasteiger charge is 2.04. The van der Waals surface area contributed by atoms with Crippen LogP contribution in [0.3, 0.4) is 0 Å². The van der Waals surface area contributed by atoms with Crippen LogP contribution >= 0.6 is 0 Å². The fraction of sp³-hybridized carbons (Fsp3) is 0.143. The van der Waals surface area contributed by atoms with Crippen LogP contribution in [0.1, 0.15) is 6.92 Å². The molecule has 2 rings (SSSR count). The van der Waals surface area contributed by atoms with E-state index in [1.165, 1.54) is 6.21 Å². The Hall–Kier alpha value is -2.36. The average Bonchev–Trinajstić information content (AvgIpc) is 2.42. The number of carbonyl (C=O) groups excluding carboxylic acids is 1. The maximum atomic E-state index is 11.4. The Labute approximate surface area is 105 Å². The van der Waals surface area contributed by atoms with Gasteiger partial charge in [0.25, 0.3) is 5.91 Å². The van der Waals surface area contributed by atoms with Crippen molar-refractivity contribution in [2.45, 2.75) is 6.92 Å². The topological polar surface area (TPSA) is 50.7 Å². The predicted octanol–water partition coefficient (Wildman–Crippen LogP) is 2.34. The van der Waals surface area contributed by atoms with Crippen LogP contribution in [0.2, 0.25) is 0 Å². The molecule has 2 aromatic rings. The van der Waals surface area contributed by atoms with E-state index in [1.807, 2.05) is 42.5 Å². The average molecular weight is 242 g/mol. The molecule has 0 bridgehead atoms. The van der Waals surface area contributed by atoms with Crippen molar-refractivity contribution in [1.82, 2.24) is 5.43 Å². The zero-order chi connectivity index (χ0) is 12.8. The van der Waals surface area contributed by atoms with Gasteiger partial charge in [0.05, 0.1) is 0 Å².